The molecule has 1 rings (SSSR count). The third-order valence-electron chi connectivity index (χ3n) is 2.46. The molecule has 0 aromatic heterocycles. The maximum Gasteiger partial charge on any atom is 0.310 e. The summed E-state index contributed by atoms with van der Waals surface area (Å²) in [6.07, 6.45) is 1.52. The van der Waals surface area contributed by atoms with Crippen molar-refractivity contribution in [1.82, 2.24) is 0 Å². The van der Waals surface area contributed by atoms with Crippen molar-refractivity contribution in [2.75, 3.05) is 11.5 Å². The number of carboxylic acids is 1. The summed E-state index contributed by atoms with van der Waals surface area (Å²) in [5.41, 5.74) is -0.670. The van der Waals surface area contributed by atoms with Crippen molar-refractivity contribution in [2.45, 2.75) is 32.3 Å². The van der Waals surface area contributed by atoms with E-state index in [-0.39, 0.29) is 0 Å². The first-order chi connectivity index (χ1) is 6.07. The fourth-order valence-corrected chi connectivity index (χ4v) is 3.10. The molecule has 0 aliphatic carbocycles. The first-order valence-corrected chi connectivity index (χ1v) is 5.71. The molecule has 0 saturated carbocycles. The molecule has 76 valence electrons. The molecule has 0 radical (unpaired) electrons. The van der Waals surface area contributed by atoms with Crippen molar-refractivity contribution in [3.8, 4) is 0 Å². The molecule has 13 heavy (non-hydrogen) atoms. The minimum Gasteiger partial charge on any atom is -0.481 e. The van der Waals surface area contributed by atoms with Crippen LogP contribution in [0.4, 0.5) is 0 Å². The highest BCUT2D eigenvalue weighted by molar-refractivity contribution is 7.99. The van der Waals surface area contributed by atoms with Gasteiger partial charge < -0.3 is 10.2 Å². The third-order valence-corrected chi connectivity index (χ3v) is 3.80. The Morgan fingerprint density at radius 1 is 1.69 bits per heavy atom. The molecule has 1 aliphatic rings. The highest BCUT2D eigenvalue weighted by Gasteiger charge is 2.40. The van der Waals surface area contributed by atoms with E-state index in [0.29, 0.717) is 18.6 Å². The first-order valence-electron chi connectivity index (χ1n) is 4.56. The third kappa shape index (κ3) is 2.61. The Balaban J connectivity index is 2.67. The number of thioether (sulfide) groups is 1. The molecule has 2 unspecified atom stereocenters. The van der Waals surface area contributed by atoms with Crippen molar-refractivity contribution in [3.05, 3.63) is 0 Å². The normalized spacial score (nSPS) is 31.2. The Kier molecular flexibility index (Phi) is 3.62. The van der Waals surface area contributed by atoms with E-state index in [2.05, 4.69) is 0 Å². The Labute approximate surface area is 82.5 Å². The summed E-state index contributed by atoms with van der Waals surface area (Å²) in [6, 6.07) is 0. The second-order valence-corrected chi connectivity index (χ2v) is 4.90. The summed E-state index contributed by atoms with van der Waals surface area (Å²) in [4.78, 5) is 11.1. The van der Waals surface area contributed by atoms with Crippen LogP contribution in [-0.2, 0) is 4.79 Å². The number of carbonyl (C=O) groups is 1. The molecule has 1 saturated heterocycles. The molecule has 2 N–H and O–H groups in total. The van der Waals surface area contributed by atoms with Crippen LogP contribution in [-0.4, -0.2) is 33.8 Å². The quantitative estimate of drug-likeness (QED) is 0.728. The molecule has 0 aromatic carbocycles. The van der Waals surface area contributed by atoms with Gasteiger partial charge in [0.05, 0.1) is 11.5 Å². The summed E-state index contributed by atoms with van der Waals surface area (Å²) in [5, 5.41) is 18.4. The average Bonchev–Trinajstić information content (AvgIpc) is 2.04. The average molecular weight is 204 g/mol. The molecule has 0 aromatic rings. The molecule has 1 fully saturated rings. The molecular weight excluding hydrogens is 188 g/mol. The van der Waals surface area contributed by atoms with Gasteiger partial charge in [0.2, 0.25) is 0 Å². The summed E-state index contributed by atoms with van der Waals surface area (Å²) in [7, 11) is 0. The van der Waals surface area contributed by atoms with Crippen LogP contribution in [0, 0.1) is 5.41 Å². The number of hydrogen-bond acceptors (Lipinski definition) is 3. The van der Waals surface area contributed by atoms with Gasteiger partial charge >= 0.3 is 5.97 Å². The van der Waals surface area contributed by atoms with Crippen LogP contribution in [0.5, 0.6) is 0 Å². The number of aliphatic hydroxyl groups is 1. The number of rotatable bonds is 3. The zero-order valence-corrected chi connectivity index (χ0v) is 8.64. The second-order valence-electron chi connectivity index (χ2n) is 3.79. The molecule has 4 heteroatoms. The minimum atomic E-state index is -0.749. The van der Waals surface area contributed by atoms with Crippen molar-refractivity contribution < 1.29 is 15.0 Å². The van der Waals surface area contributed by atoms with Crippen LogP contribution in [0.15, 0.2) is 0 Å². The molecule has 1 heterocycles. The Morgan fingerprint density at radius 3 is 2.77 bits per heavy atom. The topological polar surface area (TPSA) is 57.5 Å². The second kappa shape index (κ2) is 4.33. The van der Waals surface area contributed by atoms with Gasteiger partial charge in [-0.3, -0.25) is 4.79 Å². The van der Waals surface area contributed by atoms with Crippen LogP contribution >= 0.6 is 11.8 Å². The number of aliphatic carboxylic acids is 1. The molecular formula is C9H16O3S. The SMILES string of the molecule is CC(O)CC1(C(=O)O)CCCSC1. The van der Waals surface area contributed by atoms with Gasteiger partial charge in [0.1, 0.15) is 0 Å². The smallest absolute Gasteiger partial charge is 0.310 e. The lowest BCUT2D eigenvalue weighted by Gasteiger charge is -2.33. The van der Waals surface area contributed by atoms with Gasteiger partial charge in [-0.1, -0.05) is 0 Å². The fourth-order valence-electron chi connectivity index (χ4n) is 1.83. The monoisotopic (exact) mass is 204 g/mol. The molecule has 0 bridgehead atoms. The lowest BCUT2D eigenvalue weighted by Crippen LogP contribution is -2.38. The first kappa shape index (κ1) is 10.9. The van der Waals surface area contributed by atoms with Crippen molar-refractivity contribution in [3.63, 3.8) is 0 Å². The van der Waals surface area contributed by atoms with Crippen LogP contribution < -0.4 is 0 Å². The summed E-state index contributed by atoms with van der Waals surface area (Å²) in [6.45, 7) is 1.66. The van der Waals surface area contributed by atoms with Crippen LogP contribution in [0.1, 0.15) is 26.2 Å². The van der Waals surface area contributed by atoms with Gasteiger partial charge in [0, 0.05) is 5.75 Å². The van der Waals surface area contributed by atoms with Crippen LogP contribution in [0.2, 0.25) is 0 Å². The lowest BCUT2D eigenvalue weighted by molar-refractivity contribution is -0.150. The summed E-state index contributed by atoms with van der Waals surface area (Å²) >= 11 is 1.68. The predicted molar refractivity (Wildman–Crippen MR) is 52.9 cm³/mol. The van der Waals surface area contributed by atoms with Crippen molar-refractivity contribution in [1.29, 1.82) is 0 Å². The van der Waals surface area contributed by atoms with Crippen LogP contribution in [0.25, 0.3) is 0 Å². The standard InChI is InChI=1S/C9H16O3S/c1-7(10)5-9(8(11)12)3-2-4-13-6-9/h7,10H,2-6H2,1H3,(H,11,12). The molecule has 2 atom stereocenters. The zero-order chi connectivity index (χ0) is 9.90. The minimum absolute atomic E-state index is 0.384. The maximum atomic E-state index is 11.1. The molecule has 1 aliphatic heterocycles. The fraction of sp³-hybridized carbons (Fsp3) is 0.889. The summed E-state index contributed by atoms with van der Waals surface area (Å²) in [5.74, 6) is 0.947. The van der Waals surface area contributed by atoms with E-state index < -0.39 is 17.5 Å². The molecule has 0 amide bonds. The van der Waals surface area contributed by atoms with Crippen molar-refractivity contribution in [2.24, 2.45) is 5.41 Å². The van der Waals surface area contributed by atoms with E-state index in [0.717, 1.165) is 12.2 Å². The zero-order valence-electron chi connectivity index (χ0n) is 7.82. The molecule has 3 nitrogen and oxygen atoms in total. The van der Waals surface area contributed by atoms with Crippen LogP contribution in [0.3, 0.4) is 0 Å². The van der Waals surface area contributed by atoms with E-state index in [1.165, 1.54) is 0 Å². The van der Waals surface area contributed by atoms with Gasteiger partial charge in [-0.25, -0.2) is 0 Å². The lowest BCUT2D eigenvalue weighted by atomic mass is 9.80. The summed E-state index contributed by atoms with van der Waals surface area (Å²) < 4.78 is 0. The molecule has 0 spiro atoms. The Bertz CT molecular complexity index is 185. The van der Waals surface area contributed by atoms with E-state index in [4.69, 9.17) is 5.11 Å². The van der Waals surface area contributed by atoms with E-state index in [1.807, 2.05) is 0 Å². The van der Waals surface area contributed by atoms with E-state index >= 15 is 0 Å². The maximum absolute atomic E-state index is 11.1. The highest BCUT2D eigenvalue weighted by atomic mass is 32.2. The Morgan fingerprint density at radius 2 is 2.38 bits per heavy atom. The predicted octanol–water partition coefficient (Wildman–Crippen LogP) is 1.36. The van der Waals surface area contributed by atoms with Gasteiger partial charge in [0.25, 0.3) is 0 Å². The number of aliphatic hydroxyl groups excluding tert-OH is 1. The highest BCUT2D eigenvalue weighted by Crippen LogP contribution is 2.38. The van der Waals surface area contributed by atoms with Gasteiger partial charge in [-0.05, 0) is 31.9 Å². The van der Waals surface area contributed by atoms with Gasteiger partial charge in [0.15, 0.2) is 0 Å². The van der Waals surface area contributed by atoms with Gasteiger partial charge in [-0.2, -0.15) is 11.8 Å². The van der Waals surface area contributed by atoms with E-state index in [9.17, 15) is 9.90 Å². The van der Waals surface area contributed by atoms with E-state index in [1.54, 1.807) is 18.7 Å². The number of hydrogen-bond donors (Lipinski definition) is 2. The Hall–Kier alpha value is -0.220. The number of carboxylic acid groups (broad SMARTS) is 1. The van der Waals surface area contributed by atoms with Crippen molar-refractivity contribution >= 4 is 17.7 Å². The van der Waals surface area contributed by atoms with Gasteiger partial charge in [-0.15, -0.1) is 0 Å². The largest absolute Gasteiger partial charge is 0.481 e.